The Hall–Kier alpha value is -2.13. The Morgan fingerprint density at radius 2 is 2.29 bits per heavy atom. The van der Waals surface area contributed by atoms with Gasteiger partial charge in [-0.3, -0.25) is 10.1 Å². The summed E-state index contributed by atoms with van der Waals surface area (Å²) >= 11 is 0. The first-order valence-electron chi connectivity index (χ1n) is 5.18. The van der Waals surface area contributed by atoms with E-state index in [1.807, 2.05) is 20.0 Å². The minimum absolute atomic E-state index is 0.0765. The molecule has 6 heteroatoms. The molecule has 0 aliphatic carbocycles. The molecule has 0 saturated heterocycles. The van der Waals surface area contributed by atoms with Crippen molar-refractivity contribution in [1.29, 1.82) is 5.26 Å². The predicted molar refractivity (Wildman–Crippen MR) is 64.8 cm³/mol. The van der Waals surface area contributed by atoms with Crippen LogP contribution in [0.15, 0.2) is 18.2 Å². The first-order chi connectivity index (χ1) is 8.08. The number of anilines is 1. The van der Waals surface area contributed by atoms with E-state index in [0.717, 1.165) is 0 Å². The summed E-state index contributed by atoms with van der Waals surface area (Å²) in [5.41, 5.74) is 0.632. The Bertz CT molecular complexity index is 453. The average molecular weight is 234 g/mol. The van der Waals surface area contributed by atoms with Gasteiger partial charge in [-0.05, 0) is 26.1 Å². The Morgan fingerprint density at radius 1 is 1.59 bits per heavy atom. The molecule has 17 heavy (non-hydrogen) atoms. The summed E-state index contributed by atoms with van der Waals surface area (Å²) in [6.45, 7) is 2.53. The molecule has 0 heterocycles. The molecule has 1 unspecified atom stereocenters. The standard InChI is InChI=1S/C11H14N4O2/c1-8(13-2)7-14-10-4-3-9(6-12)5-11(10)15(16)17/h3-5,8,13-14H,7H2,1-2H3. The normalized spacial score (nSPS) is 11.6. The summed E-state index contributed by atoms with van der Waals surface area (Å²) in [7, 11) is 1.82. The lowest BCUT2D eigenvalue weighted by Gasteiger charge is -2.12. The van der Waals surface area contributed by atoms with Crippen LogP contribution in [0.1, 0.15) is 12.5 Å². The number of benzene rings is 1. The van der Waals surface area contributed by atoms with E-state index in [2.05, 4.69) is 10.6 Å². The quantitative estimate of drug-likeness (QED) is 0.595. The lowest BCUT2D eigenvalue weighted by Crippen LogP contribution is -2.29. The summed E-state index contributed by atoms with van der Waals surface area (Å²) in [5, 5.41) is 25.5. The number of nitro groups is 1. The number of nitrogens with one attached hydrogen (secondary N) is 2. The van der Waals surface area contributed by atoms with E-state index < -0.39 is 4.92 Å². The summed E-state index contributed by atoms with van der Waals surface area (Å²) in [5.74, 6) is 0. The van der Waals surface area contributed by atoms with E-state index in [0.29, 0.717) is 12.2 Å². The molecule has 1 aromatic rings. The Labute approximate surface area is 99.4 Å². The summed E-state index contributed by atoms with van der Waals surface area (Å²) in [4.78, 5) is 10.4. The lowest BCUT2D eigenvalue weighted by atomic mass is 10.2. The zero-order valence-corrected chi connectivity index (χ0v) is 9.73. The zero-order valence-electron chi connectivity index (χ0n) is 9.73. The third kappa shape index (κ3) is 3.43. The second kappa shape index (κ2) is 5.82. The maximum absolute atomic E-state index is 10.8. The van der Waals surface area contributed by atoms with Crippen molar-refractivity contribution >= 4 is 11.4 Å². The monoisotopic (exact) mass is 234 g/mol. The highest BCUT2D eigenvalue weighted by atomic mass is 16.6. The molecule has 0 aromatic heterocycles. The van der Waals surface area contributed by atoms with Gasteiger partial charge >= 0.3 is 0 Å². The van der Waals surface area contributed by atoms with Gasteiger partial charge in [-0.25, -0.2) is 0 Å². The molecule has 90 valence electrons. The predicted octanol–water partition coefficient (Wildman–Crippen LogP) is 1.49. The molecule has 0 aliphatic rings. The van der Waals surface area contributed by atoms with E-state index in [1.54, 1.807) is 12.1 Å². The van der Waals surface area contributed by atoms with Gasteiger partial charge in [0.1, 0.15) is 5.69 Å². The van der Waals surface area contributed by atoms with Crippen LogP contribution in [0, 0.1) is 21.4 Å². The van der Waals surface area contributed by atoms with Crippen LogP contribution in [0.5, 0.6) is 0 Å². The van der Waals surface area contributed by atoms with Gasteiger partial charge in [0, 0.05) is 18.7 Å². The summed E-state index contributed by atoms with van der Waals surface area (Å²) < 4.78 is 0. The van der Waals surface area contributed by atoms with Gasteiger partial charge in [0.25, 0.3) is 5.69 Å². The highest BCUT2D eigenvalue weighted by Crippen LogP contribution is 2.25. The molecule has 6 nitrogen and oxygen atoms in total. The minimum Gasteiger partial charge on any atom is -0.378 e. The van der Waals surface area contributed by atoms with Crippen LogP contribution in [0.25, 0.3) is 0 Å². The Kier molecular flexibility index (Phi) is 4.43. The third-order valence-electron chi connectivity index (χ3n) is 2.42. The number of hydrogen-bond donors (Lipinski definition) is 2. The topological polar surface area (TPSA) is 91.0 Å². The molecular formula is C11H14N4O2. The maximum Gasteiger partial charge on any atom is 0.293 e. The van der Waals surface area contributed by atoms with Crippen molar-refractivity contribution in [2.24, 2.45) is 0 Å². The highest BCUT2D eigenvalue weighted by Gasteiger charge is 2.14. The molecule has 2 N–H and O–H groups in total. The second-order valence-electron chi connectivity index (χ2n) is 3.67. The molecule has 0 bridgehead atoms. The SMILES string of the molecule is CNC(C)CNc1ccc(C#N)cc1[N+](=O)[O-]. The van der Waals surface area contributed by atoms with Crippen LogP contribution < -0.4 is 10.6 Å². The van der Waals surface area contributed by atoms with Gasteiger partial charge < -0.3 is 10.6 Å². The first-order valence-corrected chi connectivity index (χ1v) is 5.18. The molecule has 1 aromatic carbocycles. The summed E-state index contributed by atoms with van der Waals surface area (Å²) in [6, 6.07) is 6.46. The van der Waals surface area contributed by atoms with Crippen LogP contribution in [-0.2, 0) is 0 Å². The minimum atomic E-state index is -0.493. The van der Waals surface area contributed by atoms with Crippen molar-refractivity contribution in [3.63, 3.8) is 0 Å². The second-order valence-corrected chi connectivity index (χ2v) is 3.67. The summed E-state index contributed by atoms with van der Waals surface area (Å²) in [6.07, 6.45) is 0. The fraction of sp³-hybridized carbons (Fsp3) is 0.364. The zero-order chi connectivity index (χ0) is 12.8. The van der Waals surface area contributed by atoms with Gasteiger partial charge in [0.15, 0.2) is 0 Å². The van der Waals surface area contributed by atoms with Crippen LogP contribution in [0.2, 0.25) is 0 Å². The van der Waals surface area contributed by atoms with Crippen molar-refractivity contribution in [1.82, 2.24) is 5.32 Å². The maximum atomic E-state index is 10.8. The van der Waals surface area contributed by atoms with Gasteiger partial charge in [-0.1, -0.05) is 0 Å². The van der Waals surface area contributed by atoms with E-state index in [-0.39, 0.29) is 17.3 Å². The number of nitro benzene ring substituents is 1. The van der Waals surface area contributed by atoms with Crippen LogP contribution >= 0.6 is 0 Å². The van der Waals surface area contributed by atoms with Gasteiger partial charge in [0.2, 0.25) is 0 Å². The van der Waals surface area contributed by atoms with Crippen molar-refractivity contribution in [3.05, 3.63) is 33.9 Å². The van der Waals surface area contributed by atoms with Crippen molar-refractivity contribution in [2.75, 3.05) is 18.9 Å². The molecule has 0 fully saturated rings. The Morgan fingerprint density at radius 3 is 2.82 bits per heavy atom. The third-order valence-corrected chi connectivity index (χ3v) is 2.42. The van der Waals surface area contributed by atoms with Crippen molar-refractivity contribution < 1.29 is 4.92 Å². The van der Waals surface area contributed by atoms with E-state index >= 15 is 0 Å². The van der Waals surface area contributed by atoms with Crippen molar-refractivity contribution in [2.45, 2.75) is 13.0 Å². The van der Waals surface area contributed by atoms with Crippen molar-refractivity contribution in [3.8, 4) is 6.07 Å². The molecule has 0 radical (unpaired) electrons. The highest BCUT2D eigenvalue weighted by molar-refractivity contribution is 5.64. The van der Waals surface area contributed by atoms with Crippen LogP contribution in [-0.4, -0.2) is 24.6 Å². The number of rotatable bonds is 5. The molecule has 0 saturated carbocycles. The van der Waals surface area contributed by atoms with Gasteiger partial charge in [-0.15, -0.1) is 0 Å². The van der Waals surface area contributed by atoms with E-state index in [1.165, 1.54) is 6.07 Å². The average Bonchev–Trinajstić information content (AvgIpc) is 2.35. The first kappa shape index (κ1) is 12.9. The smallest absolute Gasteiger partial charge is 0.293 e. The number of nitrogens with zero attached hydrogens (tertiary/aromatic N) is 2. The largest absolute Gasteiger partial charge is 0.378 e. The molecule has 0 spiro atoms. The lowest BCUT2D eigenvalue weighted by molar-refractivity contribution is -0.384. The van der Waals surface area contributed by atoms with Crippen LogP contribution in [0.4, 0.5) is 11.4 Å². The molecule has 0 aliphatic heterocycles. The molecular weight excluding hydrogens is 220 g/mol. The fourth-order valence-electron chi connectivity index (χ4n) is 1.27. The van der Waals surface area contributed by atoms with Gasteiger partial charge in [-0.2, -0.15) is 5.26 Å². The molecule has 0 amide bonds. The van der Waals surface area contributed by atoms with E-state index in [9.17, 15) is 10.1 Å². The van der Waals surface area contributed by atoms with Crippen LogP contribution in [0.3, 0.4) is 0 Å². The van der Waals surface area contributed by atoms with E-state index in [4.69, 9.17) is 5.26 Å². The number of nitriles is 1. The van der Waals surface area contributed by atoms with Gasteiger partial charge in [0.05, 0.1) is 16.6 Å². The number of likely N-dealkylation sites (N-methyl/N-ethyl adjacent to an activating group) is 1. The molecule has 1 atom stereocenters. The number of hydrogen-bond acceptors (Lipinski definition) is 5. The fourth-order valence-corrected chi connectivity index (χ4v) is 1.27. The Balaban J connectivity index is 2.92. The molecule has 1 rings (SSSR count).